The zero-order valence-electron chi connectivity index (χ0n) is 9.03. The minimum absolute atomic E-state index is 0.325. The van der Waals surface area contributed by atoms with Gasteiger partial charge in [-0.25, -0.2) is 10.2 Å². The summed E-state index contributed by atoms with van der Waals surface area (Å²) in [5, 5.41) is 3.88. The molecule has 0 radical (unpaired) electrons. The molecule has 1 heterocycles. The van der Waals surface area contributed by atoms with Crippen LogP contribution in [0.4, 0.5) is 4.79 Å². The van der Waals surface area contributed by atoms with Crippen LogP contribution < -0.4 is 5.43 Å². The average molecular weight is 210 g/mol. The van der Waals surface area contributed by atoms with Crippen LogP contribution >= 0.6 is 0 Å². The van der Waals surface area contributed by atoms with Crippen LogP contribution in [0.25, 0.3) is 0 Å². The summed E-state index contributed by atoms with van der Waals surface area (Å²) in [5.41, 5.74) is 3.83. The first-order valence-electron chi connectivity index (χ1n) is 4.66. The quantitative estimate of drug-likeness (QED) is 0.613. The molecular formula is C10H14N2O3. The lowest BCUT2D eigenvalue weighted by Gasteiger charge is -2.01. The molecule has 0 fully saturated rings. The van der Waals surface area contributed by atoms with Crippen molar-refractivity contribution in [3.63, 3.8) is 0 Å². The fraction of sp³-hybridized carbons (Fsp3) is 0.400. The molecule has 1 rings (SSSR count). The second kappa shape index (κ2) is 5.19. The maximum Gasteiger partial charge on any atom is 0.427 e. The van der Waals surface area contributed by atoms with Crippen molar-refractivity contribution in [2.24, 2.45) is 5.10 Å². The molecule has 1 N–H and O–H groups in total. The number of rotatable bonds is 3. The zero-order chi connectivity index (χ0) is 11.3. The molecule has 15 heavy (non-hydrogen) atoms. The number of furan rings is 1. The molecule has 0 aliphatic carbocycles. The summed E-state index contributed by atoms with van der Waals surface area (Å²) in [7, 11) is 0. The van der Waals surface area contributed by atoms with Gasteiger partial charge in [-0.05, 0) is 26.8 Å². The Morgan fingerprint density at radius 1 is 1.67 bits per heavy atom. The van der Waals surface area contributed by atoms with Gasteiger partial charge in [0.1, 0.15) is 5.76 Å². The van der Waals surface area contributed by atoms with E-state index >= 15 is 0 Å². The molecule has 1 aromatic rings. The Balaban J connectivity index is 2.61. The molecular weight excluding hydrogens is 196 g/mol. The largest absolute Gasteiger partial charge is 0.469 e. The van der Waals surface area contributed by atoms with Gasteiger partial charge >= 0.3 is 6.09 Å². The first-order chi connectivity index (χ1) is 7.15. The van der Waals surface area contributed by atoms with Crippen LogP contribution in [0.5, 0.6) is 0 Å². The van der Waals surface area contributed by atoms with Gasteiger partial charge in [0.25, 0.3) is 0 Å². The van der Waals surface area contributed by atoms with E-state index < -0.39 is 6.09 Å². The minimum Gasteiger partial charge on any atom is -0.469 e. The van der Waals surface area contributed by atoms with E-state index in [1.165, 1.54) is 0 Å². The maximum absolute atomic E-state index is 10.9. The van der Waals surface area contributed by atoms with Gasteiger partial charge < -0.3 is 9.15 Å². The van der Waals surface area contributed by atoms with E-state index in [0.29, 0.717) is 12.3 Å². The molecule has 0 aliphatic heterocycles. The molecule has 0 saturated heterocycles. The number of nitrogens with zero attached hydrogens (tertiary/aromatic N) is 1. The summed E-state index contributed by atoms with van der Waals surface area (Å²) in [4.78, 5) is 10.9. The van der Waals surface area contributed by atoms with Crippen molar-refractivity contribution < 1.29 is 13.9 Å². The van der Waals surface area contributed by atoms with Crippen LogP contribution in [0.15, 0.2) is 21.8 Å². The van der Waals surface area contributed by atoms with Crippen LogP contribution in [0.1, 0.15) is 25.2 Å². The minimum atomic E-state index is -0.557. The molecule has 0 unspecified atom stereocenters. The van der Waals surface area contributed by atoms with Gasteiger partial charge in [0.05, 0.1) is 18.6 Å². The fourth-order valence-electron chi connectivity index (χ4n) is 1.11. The average Bonchev–Trinajstić information content (AvgIpc) is 2.61. The molecule has 82 valence electrons. The van der Waals surface area contributed by atoms with Crippen molar-refractivity contribution in [2.45, 2.75) is 20.8 Å². The number of hydrazone groups is 1. The number of carbonyl (C=O) groups is 1. The highest BCUT2D eigenvalue weighted by atomic mass is 16.5. The van der Waals surface area contributed by atoms with Crippen LogP contribution in [0, 0.1) is 6.92 Å². The van der Waals surface area contributed by atoms with E-state index in [0.717, 1.165) is 11.3 Å². The smallest absolute Gasteiger partial charge is 0.427 e. The molecule has 0 bridgehead atoms. The second-order valence-corrected chi connectivity index (χ2v) is 2.92. The summed E-state index contributed by atoms with van der Waals surface area (Å²) >= 11 is 0. The first-order valence-corrected chi connectivity index (χ1v) is 4.66. The summed E-state index contributed by atoms with van der Waals surface area (Å²) in [6.45, 7) is 5.67. The van der Waals surface area contributed by atoms with Gasteiger partial charge in [-0.15, -0.1) is 0 Å². The Kier molecular flexibility index (Phi) is 3.91. The number of nitrogens with one attached hydrogen (secondary N) is 1. The van der Waals surface area contributed by atoms with E-state index in [4.69, 9.17) is 4.42 Å². The lowest BCUT2D eigenvalue weighted by atomic mass is 10.2. The molecule has 5 heteroatoms. The highest BCUT2D eigenvalue weighted by Gasteiger charge is 2.05. The van der Waals surface area contributed by atoms with Crippen molar-refractivity contribution in [1.29, 1.82) is 0 Å². The highest BCUT2D eigenvalue weighted by molar-refractivity contribution is 5.99. The number of ether oxygens (including phenoxy) is 1. The van der Waals surface area contributed by atoms with Crippen molar-refractivity contribution in [3.8, 4) is 0 Å². The predicted octanol–water partition coefficient (Wildman–Crippen LogP) is 2.06. The molecule has 0 aromatic carbocycles. The van der Waals surface area contributed by atoms with Gasteiger partial charge in [-0.1, -0.05) is 0 Å². The third-order valence-corrected chi connectivity index (χ3v) is 1.84. The van der Waals surface area contributed by atoms with E-state index in [1.807, 2.05) is 6.92 Å². The number of carbonyl (C=O) groups excluding carboxylic acids is 1. The Bertz CT molecular complexity index is 368. The Labute approximate surface area is 88.1 Å². The van der Waals surface area contributed by atoms with Crippen LogP contribution in [-0.2, 0) is 4.74 Å². The zero-order valence-corrected chi connectivity index (χ0v) is 9.03. The van der Waals surface area contributed by atoms with Crippen molar-refractivity contribution in [1.82, 2.24) is 5.43 Å². The van der Waals surface area contributed by atoms with E-state index in [2.05, 4.69) is 15.3 Å². The number of hydrogen-bond acceptors (Lipinski definition) is 4. The second-order valence-electron chi connectivity index (χ2n) is 2.92. The standard InChI is InChI=1S/C10H14N2O3/c1-4-14-10(13)12-11-7(2)9-5-6-15-8(9)3/h5-6H,4H2,1-3H3,(H,12,13). The predicted molar refractivity (Wildman–Crippen MR) is 55.8 cm³/mol. The normalized spacial score (nSPS) is 11.3. The molecule has 0 aliphatic rings. The van der Waals surface area contributed by atoms with Crippen LogP contribution in [0.3, 0.4) is 0 Å². The lowest BCUT2D eigenvalue weighted by Crippen LogP contribution is -2.20. The van der Waals surface area contributed by atoms with Gasteiger partial charge in [-0.3, -0.25) is 0 Å². The lowest BCUT2D eigenvalue weighted by molar-refractivity contribution is 0.152. The monoisotopic (exact) mass is 210 g/mol. The molecule has 0 atom stereocenters. The highest BCUT2D eigenvalue weighted by Crippen LogP contribution is 2.09. The fourth-order valence-corrected chi connectivity index (χ4v) is 1.11. The number of aryl methyl sites for hydroxylation is 1. The molecule has 1 aromatic heterocycles. The number of hydrogen-bond donors (Lipinski definition) is 1. The molecule has 0 spiro atoms. The first kappa shape index (κ1) is 11.3. The van der Waals surface area contributed by atoms with Gasteiger partial charge in [0.15, 0.2) is 0 Å². The summed E-state index contributed by atoms with van der Waals surface area (Å²) < 4.78 is 9.77. The van der Waals surface area contributed by atoms with E-state index in [9.17, 15) is 4.79 Å². The van der Waals surface area contributed by atoms with Crippen molar-refractivity contribution in [3.05, 3.63) is 23.7 Å². The van der Waals surface area contributed by atoms with Crippen molar-refractivity contribution >= 4 is 11.8 Å². The van der Waals surface area contributed by atoms with Gasteiger partial charge in [-0.2, -0.15) is 5.10 Å². The maximum atomic E-state index is 10.9. The van der Waals surface area contributed by atoms with Crippen molar-refractivity contribution in [2.75, 3.05) is 6.61 Å². The van der Waals surface area contributed by atoms with Crippen LogP contribution in [0.2, 0.25) is 0 Å². The Morgan fingerprint density at radius 2 is 2.40 bits per heavy atom. The number of amides is 1. The van der Waals surface area contributed by atoms with Crippen LogP contribution in [-0.4, -0.2) is 18.4 Å². The van der Waals surface area contributed by atoms with Gasteiger partial charge in [0.2, 0.25) is 0 Å². The summed E-state index contributed by atoms with van der Waals surface area (Å²) in [6.07, 6.45) is 1.02. The molecule has 1 amide bonds. The molecule has 5 nitrogen and oxygen atoms in total. The van der Waals surface area contributed by atoms with Gasteiger partial charge in [0, 0.05) is 5.56 Å². The molecule has 0 saturated carbocycles. The van der Waals surface area contributed by atoms with E-state index in [1.54, 1.807) is 26.2 Å². The van der Waals surface area contributed by atoms with E-state index in [-0.39, 0.29) is 0 Å². The Morgan fingerprint density at radius 3 is 2.93 bits per heavy atom. The third kappa shape index (κ3) is 3.12. The topological polar surface area (TPSA) is 63.8 Å². The summed E-state index contributed by atoms with van der Waals surface area (Å²) in [6, 6.07) is 1.79. The summed E-state index contributed by atoms with van der Waals surface area (Å²) in [5.74, 6) is 0.766. The third-order valence-electron chi connectivity index (χ3n) is 1.84. The SMILES string of the molecule is CCOC(=O)NN=C(C)c1ccoc1C. The Hall–Kier alpha value is -1.78.